The van der Waals surface area contributed by atoms with Crippen LogP contribution < -0.4 is 5.48 Å². The zero-order chi connectivity index (χ0) is 10.1. The maximum atomic E-state index is 12.1. The number of rotatable bonds is 1. The Balaban J connectivity index is 3.10. The molecule has 72 valence electrons. The van der Waals surface area contributed by atoms with E-state index in [0.717, 1.165) is 18.2 Å². The van der Waals surface area contributed by atoms with Crippen LogP contribution in [-0.2, 0) is 6.18 Å². The Bertz CT molecular complexity index is 313. The lowest BCUT2D eigenvalue weighted by atomic mass is 10.2. The first-order valence-electron chi connectivity index (χ1n) is 3.22. The molecule has 0 aliphatic carbocycles. The van der Waals surface area contributed by atoms with Crippen LogP contribution in [0.4, 0.5) is 18.9 Å². The molecule has 0 fully saturated rings. The Kier molecular flexibility index (Phi) is 2.68. The predicted octanol–water partition coefficient (Wildman–Crippen LogP) is 3.16. The van der Waals surface area contributed by atoms with E-state index in [4.69, 9.17) is 16.8 Å². The van der Waals surface area contributed by atoms with Crippen LogP contribution in [0.2, 0.25) is 5.02 Å². The summed E-state index contributed by atoms with van der Waals surface area (Å²) in [5, 5.41) is 8.21. The van der Waals surface area contributed by atoms with Gasteiger partial charge in [0.05, 0.1) is 16.3 Å². The lowest BCUT2D eigenvalue weighted by Gasteiger charge is -2.08. The van der Waals surface area contributed by atoms with Crippen LogP contribution in [0.5, 0.6) is 0 Å². The van der Waals surface area contributed by atoms with Crippen LogP contribution in [0.15, 0.2) is 18.2 Å². The first-order valence-corrected chi connectivity index (χ1v) is 3.60. The lowest BCUT2D eigenvalue weighted by Crippen LogP contribution is -2.05. The second kappa shape index (κ2) is 3.43. The maximum Gasteiger partial charge on any atom is 0.416 e. The van der Waals surface area contributed by atoms with Crippen LogP contribution in [0.3, 0.4) is 0 Å². The van der Waals surface area contributed by atoms with Crippen molar-refractivity contribution in [1.29, 1.82) is 0 Å². The summed E-state index contributed by atoms with van der Waals surface area (Å²) in [6.45, 7) is 0. The Hall–Kier alpha value is -0.940. The molecule has 1 rings (SSSR count). The zero-order valence-corrected chi connectivity index (χ0v) is 6.95. The van der Waals surface area contributed by atoms with Gasteiger partial charge in [-0.25, -0.2) is 0 Å². The van der Waals surface area contributed by atoms with Crippen molar-refractivity contribution in [3.05, 3.63) is 28.8 Å². The number of hydrogen-bond acceptors (Lipinski definition) is 2. The van der Waals surface area contributed by atoms with E-state index in [2.05, 4.69) is 0 Å². The predicted molar refractivity (Wildman–Crippen MR) is 41.9 cm³/mol. The molecule has 0 aliphatic rings. The molecule has 0 radical (unpaired) electrons. The highest BCUT2D eigenvalue weighted by Gasteiger charge is 2.30. The Morgan fingerprint density at radius 3 is 2.31 bits per heavy atom. The van der Waals surface area contributed by atoms with E-state index in [1.54, 1.807) is 5.48 Å². The van der Waals surface area contributed by atoms with Crippen LogP contribution in [-0.4, -0.2) is 5.21 Å². The van der Waals surface area contributed by atoms with Gasteiger partial charge in [-0.15, -0.1) is 0 Å². The quantitative estimate of drug-likeness (QED) is 0.700. The van der Waals surface area contributed by atoms with Crippen molar-refractivity contribution < 1.29 is 18.4 Å². The van der Waals surface area contributed by atoms with Crippen molar-refractivity contribution in [2.45, 2.75) is 6.18 Å². The summed E-state index contributed by atoms with van der Waals surface area (Å²) < 4.78 is 36.2. The van der Waals surface area contributed by atoms with E-state index in [1.807, 2.05) is 0 Å². The van der Waals surface area contributed by atoms with Gasteiger partial charge < -0.3 is 0 Å². The average molecular weight is 212 g/mol. The van der Waals surface area contributed by atoms with Crippen molar-refractivity contribution in [1.82, 2.24) is 0 Å². The monoisotopic (exact) mass is 211 g/mol. The zero-order valence-electron chi connectivity index (χ0n) is 6.19. The van der Waals surface area contributed by atoms with Gasteiger partial charge in [-0.1, -0.05) is 11.6 Å². The fraction of sp³-hybridized carbons (Fsp3) is 0.143. The normalized spacial score (nSPS) is 11.5. The summed E-state index contributed by atoms with van der Waals surface area (Å²) in [5.74, 6) is 0. The van der Waals surface area contributed by atoms with Gasteiger partial charge in [0.1, 0.15) is 0 Å². The second-order valence-electron chi connectivity index (χ2n) is 2.30. The minimum absolute atomic E-state index is 0.0367. The smallest absolute Gasteiger partial charge is 0.291 e. The largest absolute Gasteiger partial charge is 0.416 e. The average Bonchev–Trinajstić information content (AvgIpc) is 2.02. The number of alkyl halides is 3. The summed E-state index contributed by atoms with van der Waals surface area (Å²) in [6, 6.07) is 2.61. The number of anilines is 1. The van der Waals surface area contributed by atoms with E-state index >= 15 is 0 Å². The molecule has 2 nitrogen and oxygen atoms in total. The van der Waals surface area contributed by atoms with Gasteiger partial charge in [0.15, 0.2) is 0 Å². The SMILES string of the molecule is ONc1ccc(C(F)(F)F)cc1Cl. The highest BCUT2D eigenvalue weighted by molar-refractivity contribution is 6.33. The molecule has 0 saturated heterocycles. The van der Waals surface area contributed by atoms with Crippen molar-refractivity contribution in [3.63, 3.8) is 0 Å². The molecule has 0 amide bonds. The van der Waals surface area contributed by atoms with Gasteiger partial charge in [0.2, 0.25) is 0 Å². The minimum atomic E-state index is -4.42. The van der Waals surface area contributed by atoms with E-state index in [1.165, 1.54) is 0 Å². The van der Waals surface area contributed by atoms with Crippen molar-refractivity contribution >= 4 is 17.3 Å². The van der Waals surface area contributed by atoms with Gasteiger partial charge in [-0.3, -0.25) is 10.7 Å². The fourth-order valence-corrected chi connectivity index (χ4v) is 1.00. The van der Waals surface area contributed by atoms with Crippen molar-refractivity contribution in [2.75, 3.05) is 5.48 Å². The van der Waals surface area contributed by atoms with Gasteiger partial charge in [0.25, 0.3) is 0 Å². The molecule has 0 bridgehead atoms. The molecule has 0 heterocycles. The van der Waals surface area contributed by atoms with Gasteiger partial charge in [-0.2, -0.15) is 13.2 Å². The topological polar surface area (TPSA) is 32.3 Å². The van der Waals surface area contributed by atoms with Crippen LogP contribution in [0, 0.1) is 0 Å². The van der Waals surface area contributed by atoms with Gasteiger partial charge >= 0.3 is 6.18 Å². The van der Waals surface area contributed by atoms with Crippen LogP contribution in [0.1, 0.15) is 5.56 Å². The third kappa shape index (κ3) is 2.26. The number of nitrogens with one attached hydrogen (secondary N) is 1. The third-order valence-corrected chi connectivity index (χ3v) is 1.73. The van der Waals surface area contributed by atoms with E-state index in [0.29, 0.717) is 0 Å². The van der Waals surface area contributed by atoms with E-state index < -0.39 is 11.7 Å². The van der Waals surface area contributed by atoms with Gasteiger partial charge in [-0.05, 0) is 18.2 Å². The molecule has 0 atom stereocenters. The minimum Gasteiger partial charge on any atom is -0.291 e. The van der Waals surface area contributed by atoms with Crippen LogP contribution in [0.25, 0.3) is 0 Å². The lowest BCUT2D eigenvalue weighted by molar-refractivity contribution is -0.137. The number of hydrogen-bond donors (Lipinski definition) is 2. The fourth-order valence-electron chi connectivity index (χ4n) is 0.782. The van der Waals surface area contributed by atoms with Crippen LogP contribution >= 0.6 is 11.6 Å². The Morgan fingerprint density at radius 1 is 1.31 bits per heavy atom. The molecule has 0 aromatic heterocycles. The summed E-state index contributed by atoms with van der Waals surface area (Å²) in [5.41, 5.74) is 0.861. The molecule has 6 heteroatoms. The number of benzene rings is 1. The summed E-state index contributed by atoms with van der Waals surface area (Å²) >= 11 is 5.41. The highest BCUT2D eigenvalue weighted by atomic mass is 35.5. The van der Waals surface area contributed by atoms with Gasteiger partial charge in [0, 0.05) is 0 Å². The summed E-state index contributed by atoms with van der Waals surface area (Å²) in [6.07, 6.45) is -4.42. The highest BCUT2D eigenvalue weighted by Crippen LogP contribution is 2.33. The Labute approximate surface area is 76.9 Å². The first kappa shape index (κ1) is 10.1. The molecule has 13 heavy (non-hydrogen) atoms. The number of halogens is 4. The molecule has 0 spiro atoms. The Morgan fingerprint density at radius 2 is 1.92 bits per heavy atom. The molecular formula is C7H5ClF3NO. The second-order valence-corrected chi connectivity index (χ2v) is 2.71. The van der Waals surface area contributed by atoms with Crippen molar-refractivity contribution in [3.8, 4) is 0 Å². The summed E-state index contributed by atoms with van der Waals surface area (Å²) in [7, 11) is 0. The molecule has 0 aliphatic heterocycles. The summed E-state index contributed by atoms with van der Waals surface area (Å²) in [4.78, 5) is 0. The third-order valence-electron chi connectivity index (χ3n) is 1.42. The first-order chi connectivity index (χ1) is 5.95. The molecule has 1 aromatic rings. The van der Waals surface area contributed by atoms with Crippen molar-refractivity contribution in [2.24, 2.45) is 0 Å². The maximum absolute atomic E-state index is 12.1. The molecule has 1 aromatic carbocycles. The molecule has 0 unspecified atom stereocenters. The van der Waals surface area contributed by atoms with E-state index in [-0.39, 0.29) is 10.7 Å². The molecule has 2 N–H and O–H groups in total. The molecule has 0 saturated carbocycles. The standard InChI is InChI=1S/C7H5ClF3NO/c8-5-3-4(7(9,10)11)1-2-6(5)12-13/h1-3,12-13H. The van der Waals surface area contributed by atoms with E-state index in [9.17, 15) is 13.2 Å². The molecular weight excluding hydrogens is 207 g/mol.